The lowest BCUT2D eigenvalue weighted by Crippen LogP contribution is -2.30. The lowest BCUT2D eigenvalue weighted by molar-refractivity contribution is -0.122. The van der Waals surface area contributed by atoms with Gasteiger partial charge in [-0.15, -0.1) is 0 Å². The van der Waals surface area contributed by atoms with Gasteiger partial charge in [-0.05, 0) is 31.2 Å². The van der Waals surface area contributed by atoms with Crippen LogP contribution in [0.5, 0.6) is 5.75 Å². The molecule has 3 aromatic rings. The number of benzene rings is 2. The van der Waals surface area contributed by atoms with E-state index in [1.165, 1.54) is 6.92 Å². The van der Waals surface area contributed by atoms with E-state index < -0.39 is 35.2 Å². The van der Waals surface area contributed by atoms with Crippen molar-refractivity contribution in [2.45, 2.75) is 13.0 Å². The van der Waals surface area contributed by atoms with Gasteiger partial charge in [0.2, 0.25) is 0 Å². The van der Waals surface area contributed by atoms with E-state index in [9.17, 15) is 18.0 Å². The summed E-state index contributed by atoms with van der Waals surface area (Å²) in [6.45, 7) is 1.45. The Hall–Kier alpha value is -3.09. The molecule has 0 fully saturated rings. The molecule has 0 radical (unpaired) electrons. The second-order valence-electron chi connectivity index (χ2n) is 5.30. The first-order valence-electron chi connectivity index (χ1n) is 7.42. The lowest BCUT2D eigenvalue weighted by atomic mass is 10.2. The molecule has 0 aliphatic heterocycles. The zero-order chi connectivity index (χ0) is 18.0. The first kappa shape index (κ1) is 16.8. The van der Waals surface area contributed by atoms with Gasteiger partial charge in [-0.1, -0.05) is 18.2 Å². The third-order valence-corrected chi connectivity index (χ3v) is 3.56. The van der Waals surface area contributed by atoms with E-state index in [1.54, 1.807) is 24.4 Å². The Bertz CT molecular complexity index is 942. The summed E-state index contributed by atoms with van der Waals surface area (Å²) in [4.78, 5) is 16.4. The quantitative estimate of drug-likeness (QED) is 0.725. The number of carbonyl (C=O) groups excluding carboxylic acids is 1. The van der Waals surface area contributed by atoms with Gasteiger partial charge in [0.05, 0.1) is 5.69 Å². The number of amides is 1. The number of ether oxygens (including phenoxy) is 1. The number of para-hydroxylation sites is 1. The average molecular weight is 346 g/mol. The van der Waals surface area contributed by atoms with Crippen molar-refractivity contribution >= 4 is 22.5 Å². The van der Waals surface area contributed by atoms with E-state index in [-0.39, 0.29) is 0 Å². The third kappa shape index (κ3) is 3.40. The number of aromatic nitrogens is 1. The molecule has 0 bridgehead atoms. The van der Waals surface area contributed by atoms with Crippen molar-refractivity contribution in [1.29, 1.82) is 0 Å². The largest absolute Gasteiger partial charge is 0.479 e. The summed E-state index contributed by atoms with van der Waals surface area (Å²) < 4.78 is 45.4. The number of nitrogens with one attached hydrogen (secondary N) is 1. The van der Waals surface area contributed by atoms with Crippen LogP contribution in [0.25, 0.3) is 10.9 Å². The van der Waals surface area contributed by atoms with Crippen LogP contribution in [-0.4, -0.2) is 17.0 Å². The number of hydrogen-bond acceptors (Lipinski definition) is 3. The van der Waals surface area contributed by atoms with E-state index in [1.807, 2.05) is 12.1 Å². The van der Waals surface area contributed by atoms with Crippen molar-refractivity contribution in [3.63, 3.8) is 0 Å². The molecule has 1 aromatic heterocycles. The Kier molecular flexibility index (Phi) is 4.56. The number of pyridine rings is 1. The summed E-state index contributed by atoms with van der Waals surface area (Å²) >= 11 is 0. The summed E-state index contributed by atoms with van der Waals surface area (Å²) in [5, 5.41) is 3.01. The summed E-state index contributed by atoms with van der Waals surface area (Å²) in [5.74, 6) is -4.78. The third-order valence-electron chi connectivity index (χ3n) is 3.56. The maximum Gasteiger partial charge on any atom is 0.265 e. The zero-order valence-corrected chi connectivity index (χ0v) is 13.1. The van der Waals surface area contributed by atoms with Crippen LogP contribution < -0.4 is 10.1 Å². The van der Waals surface area contributed by atoms with Gasteiger partial charge in [-0.25, -0.2) is 13.2 Å². The Morgan fingerprint density at radius 3 is 2.64 bits per heavy atom. The fraction of sp³-hybridized carbons (Fsp3) is 0.111. The van der Waals surface area contributed by atoms with Gasteiger partial charge in [0.1, 0.15) is 11.3 Å². The molecule has 25 heavy (non-hydrogen) atoms. The van der Waals surface area contributed by atoms with Crippen molar-refractivity contribution in [2.75, 3.05) is 5.32 Å². The van der Waals surface area contributed by atoms with Crippen LogP contribution >= 0.6 is 0 Å². The van der Waals surface area contributed by atoms with Crippen LogP contribution in [0.15, 0.2) is 48.7 Å². The number of fused-ring (bicyclic) bond motifs is 1. The first-order valence-corrected chi connectivity index (χ1v) is 7.42. The van der Waals surface area contributed by atoms with Crippen molar-refractivity contribution in [3.05, 3.63) is 66.1 Å². The van der Waals surface area contributed by atoms with Crippen LogP contribution in [0.2, 0.25) is 0 Å². The van der Waals surface area contributed by atoms with Crippen LogP contribution in [0, 0.1) is 17.5 Å². The molecular weight excluding hydrogens is 333 g/mol. The van der Waals surface area contributed by atoms with Gasteiger partial charge in [-0.3, -0.25) is 9.78 Å². The second-order valence-corrected chi connectivity index (χ2v) is 5.30. The Morgan fingerprint density at radius 2 is 1.84 bits per heavy atom. The molecule has 1 heterocycles. The maximum atomic E-state index is 13.6. The first-order chi connectivity index (χ1) is 12.0. The number of halogens is 3. The summed E-state index contributed by atoms with van der Waals surface area (Å²) in [6.07, 6.45) is 0.580. The molecule has 3 rings (SSSR count). The van der Waals surface area contributed by atoms with E-state index in [0.717, 1.165) is 17.5 Å². The highest BCUT2D eigenvalue weighted by atomic mass is 19.2. The molecular formula is C18H13F3N2O2. The normalized spacial score (nSPS) is 12.0. The predicted molar refractivity (Wildman–Crippen MR) is 86.8 cm³/mol. The second kappa shape index (κ2) is 6.80. The van der Waals surface area contributed by atoms with Gasteiger partial charge in [0.15, 0.2) is 23.6 Å². The molecule has 128 valence electrons. The minimum Gasteiger partial charge on any atom is -0.479 e. The monoisotopic (exact) mass is 346 g/mol. The maximum absolute atomic E-state index is 13.6. The highest BCUT2D eigenvalue weighted by molar-refractivity contribution is 5.94. The topological polar surface area (TPSA) is 51.2 Å². The molecule has 0 saturated heterocycles. The van der Waals surface area contributed by atoms with Crippen molar-refractivity contribution in [1.82, 2.24) is 4.98 Å². The molecule has 4 nitrogen and oxygen atoms in total. The van der Waals surface area contributed by atoms with E-state index in [0.29, 0.717) is 11.3 Å². The molecule has 1 atom stereocenters. The molecule has 0 aliphatic rings. The number of anilines is 1. The summed E-state index contributed by atoms with van der Waals surface area (Å²) in [7, 11) is 0. The number of carbonyl (C=O) groups is 1. The number of hydrogen-bond donors (Lipinski definition) is 1. The van der Waals surface area contributed by atoms with E-state index in [4.69, 9.17) is 4.74 Å². The molecule has 0 saturated carbocycles. The van der Waals surface area contributed by atoms with Crippen LogP contribution in [-0.2, 0) is 4.79 Å². The fourth-order valence-electron chi connectivity index (χ4n) is 2.27. The van der Waals surface area contributed by atoms with Crippen LogP contribution in [0.4, 0.5) is 18.9 Å². The van der Waals surface area contributed by atoms with Crippen molar-refractivity contribution in [2.24, 2.45) is 0 Å². The zero-order valence-electron chi connectivity index (χ0n) is 13.1. The SMILES string of the molecule is C[C@H](Oc1cccc2cccnc12)C(=O)Nc1ccc(F)c(F)c1F. The summed E-state index contributed by atoms with van der Waals surface area (Å²) in [6, 6.07) is 10.5. The lowest BCUT2D eigenvalue weighted by Gasteiger charge is -2.16. The Balaban J connectivity index is 1.78. The van der Waals surface area contributed by atoms with Gasteiger partial charge in [0.25, 0.3) is 5.91 Å². The molecule has 1 amide bonds. The molecule has 2 aromatic carbocycles. The highest BCUT2D eigenvalue weighted by Crippen LogP contribution is 2.25. The smallest absolute Gasteiger partial charge is 0.265 e. The van der Waals surface area contributed by atoms with Crippen molar-refractivity contribution < 1.29 is 22.7 Å². The predicted octanol–water partition coefficient (Wildman–Crippen LogP) is 4.06. The van der Waals surface area contributed by atoms with Crippen LogP contribution in [0.3, 0.4) is 0 Å². The van der Waals surface area contributed by atoms with E-state index >= 15 is 0 Å². The summed E-state index contributed by atoms with van der Waals surface area (Å²) in [5.41, 5.74) is 0.110. The molecule has 0 spiro atoms. The van der Waals surface area contributed by atoms with Gasteiger partial charge in [0, 0.05) is 11.6 Å². The molecule has 0 aliphatic carbocycles. The van der Waals surface area contributed by atoms with E-state index in [2.05, 4.69) is 10.3 Å². The molecule has 0 unspecified atom stereocenters. The van der Waals surface area contributed by atoms with Gasteiger partial charge in [-0.2, -0.15) is 0 Å². The number of nitrogens with zero attached hydrogens (tertiary/aromatic N) is 1. The minimum absolute atomic E-state index is 0.381. The highest BCUT2D eigenvalue weighted by Gasteiger charge is 2.20. The van der Waals surface area contributed by atoms with Gasteiger partial charge < -0.3 is 10.1 Å². The average Bonchev–Trinajstić information content (AvgIpc) is 2.62. The molecule has 1 N–H and O–H groups in total. The van der Waals surface area contributed by atoms with Crippen molar-refractivity contribution in [3.8, 4) is 5.75 Å². The minimum atomic E-state index is -1.65. The Morgan fingerprint density at radius 1 is 1.08 bits per heavy atom. The van der Waals surface area contributed by atoms with Gasteiger partial charge >= 0.3 is 0 Å². The van der Waals surface area contributed by atoms with Crippen LogP contribution in [0.1, 0.15) is 6.92 Å². The molecule has 7 heteroatoms. The fourth-order valence-corrected chi connectivity index (χ4v) is 2.27. The number of rotatable bonds is 4. The standard InChI is InChI=1S/C18H13F3N2O2/c1-10(18(24)23-13-8-7-12(19)15(20)16(13)21)25-14-6-2-4-11-5-3-9-22-17(11)14/h2-10H,1H3,(H,23,24)/t10-/m0/s1. The Labute approximate surface area is 141 Å².